The minimum absolute atomic E-state index is 0.157. The van der Waals surface area contributed by atoms with Crippen LogP contribution in [0.3, 0.4) is 0 Å². The Morgan fingerprint density at radius 1 is 1.20 bits per heavy atom. The van der Waals surface area contributed by atoms with E-state index in [0.717, 1.165) is 0 Å². The highest BCUT2D eigenvalue weighted by Crippen LogP contribution is 2.41. The number of rotatable bonds is 6. The van der Waals surface area contributed by atoms with E-state index in [2.05, 4.69) is 0 Å². The monoisotopic (exact) mass is 410 g/mol. The predicted molar refractivity (Wildman–Crippen MR) is 106 cm³/mol. The number of non-ortho nitro benzene ring substituents is 1. The lowest BCUT2D eigenvalue weighted by Gasteiger charge is -2.26. The largest absolute Gasteiger partial charge is 0.503 e. The van der Waals surface area contributed by atoms with Crippen molar-refractivity contribution < 1.29 is 29.2 Å². The Kier molecular flexibility index (Phi) is 5.63. The maximum atomic E-state index is 12.8. The average Bonchev–Trinajstić information content (AvgIpc) is 2.99. The number of ether oxygens (including phenoxy) is 1. The molecule has 0 spiro atoms. The summed E-state index contributed by atoms with van der Waals surface area (Å²) >= 11 is 0. The lowest BCUT2D eigenvalue weighted by atomic mass is 9.96. The van der Waals surface area contributed by atoms with Gasteiger partial charge < -0.3 is 9.84 Å². The number of carbonyl (C=O) groups excluding carboxylic acids is 3. The van der Waals surface area contributed by atoms with Crippen molar-refractivity contribution in [2.45, 2.75) is 19.9 Å². The molecule has 0 aromatic heterocycles. The normalized spacial score (nSPS) is 16.0. The first-order valence-corrected chi connectivity index (χ1v) is 9.05. The van der Waals surface area contributed by atoms with E-state index in [-0.39, 0.29) is 23.4 Å². The molecule has 0 bridgehead atoms. The Bertz CT molecular complexity index is 1070. The molecule has 0 aliphatic carbocycles. The first kappa shape index (κ1) is 20.7. The minimum atomic E-state index is -1.05. The zero-order valence-corrected chi connectivity index (χ0v) is 16.2. The molecule has 1 aliphatic rings. The van der Waals surface area contributed by atoms with Crippen molar-refractivity contribution in [3.8, 4) is 0 Å². The van der Waals surface area contributed by atoms with Crippen LogP contribution >= 0.6 is 0 Å². The third-order valence-corrected chi connectivity index (χ3v) is 4.64. The van der Waals surface area contributed by atoms with Crippen LogP contribution in [-0.4, -0.2) is 34.3 Å². The molecule has 0 fully saturated rings. The molecule has 1 aliphatic heterocycles. The molecule has 2 aromatic rings. The Morgan fingerprint density at radius 3 is 2.43 bits per heavy atom. The van der Waals surface area contributed by atoms with Crippen molar-refractivity contribution in [2.75, 3.05) is 11.5 Å². The number of nitro benzene ring substituents is 1. The first-order valence-electron chi connectivity index (χ1n) is 9.05. The van der Waals surface area contributed by atoms with E-state index < -0.39 is 34.4 Å². The molecular weight excluding hydrogens is 392 g/mol. The lowest BCUT2D eigenvalue weighted by Crippen LogP contribution is -2.30. The summed E-state index contributed by atoms with van der Waals surface area (Å²) in [6, 6.07) is 10.3. The van der Waals surface area contributed by atoms with E-state index in [1.54, 1.807) is 6.92 Å². The molecule has 9 nitrogen and oxygen atoms in total. The molecule has 2 aromatic carbocycles. The number of anilines is 1. The number of Topliss-reactive ketones (excluding diaryl/α,β-unsaturated/α-hetero) is 1. The summed E-state index contributed by atoms with van der Waals surface area (Å²) in [6.07, 6.45) is 0. The summed E-state index contributed by atoms with van der Waals surface area (Å²) in [5, 5.41) is 21.5. The second-order valence-electron chi connectivity index (χ2n) is 6.52. The molecule has 3 rings (SSSR count). The van der Waals surface area contributed by atoms with E-state index in [9.17, 15) is 29.6 Å². The van der Waals surface area contributed by atoms with Crippen molar-refractivity contribution >= 4 is 29.0 Å². The molecule has 30 heavy (non-hydrogen) atoms. The van der Waals surface area contributed by atoms with Crippen molar-refractivity contribution in [3.05, 3.63) is 81.1 Å². The lowest BCUT2D eigenvalue weighted by molar-refractivity contribution is -0.384. The SMILES string of the molecule is CCOC(=O)c1ccc(N2C(=O)C(O)=C(C(C)=O)C2c2cccc([N+](=O)[O-])c2)cc1. The standard InChI is InChI=1S/C21H18N2O7/c1-3-30-21(27)13-7-9-15(10-8-13)22-18(17(12(2)24)19(25)20(22)26)14-5-4-6-16(11-14)23(28)29/h4-11,18,25H,3H2,1-2H3. The van der Waals surface area contributed by atoms with Gasteiger partial charge in [-0.2, -0.15) is 0 Å². The van der Waals surface area contributed by atoms with Crippen LogP contribution in [0.15, 0.2) is 59.9 Å². The minimum Gasteiger partial charge on any atom is -0.503 e. The van der Waals surface area contributed by atoms with Gasteiger partial charge in [0, 0.05) is 17.8 Å². The van der Waals surface area contributed by atoms with Gasteiger partial charge in [0.05, 0.1) is 28.7 Å². The number of amides is 1. The highest BCUT2D eigenvalue weighted by Gasteiger charge is 2.43. The number of aliphatic hydroxyl groups excluding tert-OH is 1. The summed E-state index contributed by atoms with van der Waals surface area (Å²) < 4.78 is 4.93. The number of esters is 1. The van der Waals surface area contributed by atoms with Gasteiger partial charge in [-0.3, -0.25) is 24.6 Å². The maximum Gasteiger partial charge on any atom is 0.338 e. The van der Waals surface area contributed by atoms with Crippen molar-refractivity contribution in [1.82, 2.24) is 0 Å². The molecule has 0 radical (unpaired) electrons. The molecule has 1 unspecified atom stereocenters. The fourth-order valence-electron chi connectivity index (χ4n) is 3.33. The molecule has 9 heteroatoms. The van der Waals surface area contributed by atoms with Crippen molar-refractivity contribution in [2.24, 2.45) is 0 Å². The molecule has 154 valence electrons. The maximum absolute atomic E-state index is 12.8. The summed E-state index contributed by atoms with van der Waals surface area (Å²) in [4.78, 5) is 48.6. The Balaban J connectivity index is 2.09. The van der Waals surface area contributed by atoms with E-state index in [1.165, 1.54) is 60.4 Å². The second-order valence-corrected chi connectivity index (χ2v) is 6.52. The average molecular weight is 410 g/mol. The fourth-order valence-corrected chi connectivity index (χ4v) is 3.33. The molecule has 1 amide bonds. The van der Waals surface area contributed by atoms with Crippen LogP contribution in [0.4, 0.5) is 11.4 Å². The van der Waals surface area contributed by atoms with E-state index >= 15 is 0 Å². The van der Waals surface area contributed by atoms with Gasteiger partial charge in [0.15, 0.2) is 11.5 Å². The number of benzene rings is 2. The summed E-state index contributed by atoms with van der Waals surface area (Å²) in [5.41, 5.74) is 0.485. The van der Waals surface area contributed by atoms with Crippen LogP contribution in [-0.2, 0) is 14.3 Å². The van der Waals surface area contributed by atoms with E-state index in [1.807, 2.05) is 0 Å². The smallest absolute Gasteiger partial charge is 0.338 e. The number of nitrogens with zero attached hydrogens (tertiary/aromatic N) is 2. The number of hydrogen-bond donors (Lipinski definition) is 1. The van der Waals surface area contributed by atoms with Crippen LogP contribution in [0.2, 0.25) is 0 Å². The summed E-state index contributed by atoms with van der Waals surface area (Å²) in [7, 11) is 0. The number of aliphatic hydroxyl groups is 1. The van der Waals surface area contributed by atoms with Gasteiger partial charge in [-0.25, -0.2) is 4.79 Å². The topological polar surface area (TPSA) is 127 Å². The number of hydrogen-bond acceptors (Lipinski definition) is 7. The third kappa shape index (κ3) is 3.64. The van der Waals surface area contributed by atoms with Gasteiger partial charge in [-0.15, -0.1) is 0 Å². The van der Waals surface area contributed by atoms with Crippen LogP contribution in [0.5, 0.6) is 0 Å². The van der Waals surface area contributed by atoms with Gasteiger partial charge in [0.2, 0.25) is 0 Å². The third-order valence-electron chi connectivity index (χ3n) is 4.64. The van der Waals surface area contributed by atoms with Crippen LogP contribution < -0.4 is 4.90 Å². The number of carbonyl (C=O) groups is 3. The zero-order valence-electron chi connectivity index (χ0n) is 16.2. The van der Waals surface area contributed by atoms with Crippen molar-refractivity contribution in [1.29, 1.82) is 0 Å². The zero-order chi connectivity index (χ0) is 22.0. The van der Waals surface area contributed by atoms with E-state index in [0.29, 0.717) is 11.3 Å². The van der Waals surface area contributed by atoms with Crippen molar-refractivity contribution in [3.63, 3.8) is 0 Å². The van der Waals surface area contributed by atoms with Gasteiger partial charge in [-0.1, -0.05) is 12.1 Å². The Labute approximate surface area is 171 Å². The highest BCUT2D eigenvalue weighted by atomic mass is 16.6. The highest BCUT2D eigenvalue weighted by molar-refractivity contribution is 6.16. The second kappa shape index (κ2) is 8.16. The summed E-state index contributed by atoms with van der Waals surface area (Å²) in [5.74, 6) is -2.60. The molecule has 1 N–H and O–H groups in total. The van der Waals surface area contributed by atoms with Gasteiger partial charge in [0.1, 0.15) is 0 Å². The van der Waals surface area contributed by atoms with Gasteiger partial charge >= 0.3 is 5.97 Å². The number of nitro groups is 1. The van der Waals surface area contributed by atoms with Gasteiger partial charge in [-0.05, 0) is 43.7 Å². The Morgan fingerprint density at radius 2 is 1.87 bits per heavy atom. The first-order chi connectivity index (χ1) is 14.3. The molecule has 1 heterocycles. The van der Waals surface area contributed by atoms with E-state index in [4.69, 9.17) is 4.74 Å². The van der Waals surface area contributed by atoms with Gasteiger partial charge in [0.25, 0.3) is 11.6 Å². The van der Waals surface area contributed by atoms with Crippen LogP contribution in [0.25, 0.3) is 0 Å². The molecule has 0 saturated carbocycles. The summed E-state index contributed by atoms with van der Waals surface area (Å²) in [6.45, 7) is 3.09. The molecule has 1 atom stereocenters. The number of ketones is 1. The van der Waals surface area contributed by atoms with Crippen LogP contribution in [0.1, 0.15) is 35.8 Å². The molecular formula is C21H18N2O7. The van der Waals surface area contributed by atoms with Crippen LogP contribution in [0, 0.1) is 10.1 Å². The predicted octanol–water partition coefficient (Wildman–Crippen LogP) is 3.26. The Hall–Kier alpha value is -4.01. The quantitative estimate of drug-likeness (QED) is 0.440. The molecule has 0 saturated heterocycles. The fraction of sp³-hybridized carbons (Fsp3) is 0.190.